The third kappa shape index (κ3) is 25.9. The van der Waals surface area contributed by atoms with E-state index in [0.29, 0.717) is 0 Å². The van der Waals surface area contributed by atoms with Crippen LogP contribution in [0.5, 0.6) is 0 Å². The van der Waals surface area contributed by atoms with Crippen molar-refractivity contribution in [2.75, 3.05) is 0 Å². The summed E-state index contributed by atoms with van der Waals surface area (Å²) in [6.45, 7) is 19.3. The Kier molecular flexibility index (Phi) is 7.84. The Morgan fingerprint density at radius 2 is 1.05 bits per heavy atom. The highest BCUT2D eigenvalue weighted by atomic mass is 16.3. The smallest absolute Gasteiger partial charge is 0.119 e. The molecule has 0 fully saturated rings. The van der Waals surface area contributed by atoms with Crippen molar-refractivity contribution in [3.63, 3.8) is 0 Å². The average molecular weight is 282 g/mol. The van der Waals surface area contributed by atoms with Crippen LogP contribution in [0, 0.1) is 22.7 Å². The molecule has 0 rings (SSSR count). The van der Waals surface area contributed by atoms with Crippen molar-refractivity contribution in [2.45, 2.75) is 80.4 Å². The molecule has 0 aromatic heterocycles. The van der Waals surface area contributed by atoms with Gasteiger partial charge in [0, 0.05) is 5.41 Å². The molecule has 118 valence electrons. The Morgan fingerprint density at radius 1 is 0.650 bits per heavy atom. The molecule has 0 atom stereocenters. The van der Waals surface area contributed by atoms with Gasteiger partial charge in [-0.2, -0.15) is 0 Å². The molecule has 2 nitrogen and oxygen atoms in total. The molecule has 0 aliphatic rings. The van der Waals surface area contributed by atoms with Crippen molar-refractivity contribution >= 4 is 0 Å². The fourth-order valence-electron chi connectivity index (χ4n) is 0.794. The molecule has 0 saturated heterocycles. The van der Waals surface area contributed by atoms with Gasteiger partial charge in [0.15, 0.2) is 0 Å². The minimum Gasteiger partial charge on any atom is -0.386 e. The van der Waals surface area contributed by atoms with Gasteiger partial charge in [0.2, 0.25) is 0 Å². The first-order valence-electron chi connectivity index (χ1n) is 7.11. The van der Waals surface area contributed by atoms with Crippen molar-refractivity contribution in [3.8, 4) is 11.8 Å². The third-order valence-corrected chi connectivity index (χ3v) is 1.73. The van der Waals surface area contributed by atoms with E-state index in [1.165, 1.54) is 0 Å². The first-order valence-corrected chi connectivity index (χ1v) is 7.11. The standard InChI is InChI=1S/C9H18O.C9H16O/c2*1-8(2,3)6-7-9(4,5)10/h6-7,10H,1-5H3;10H,1-5H3/b7-6+;. The van der Waals surface area contributed by atoms with Gasteiger partial charge in [0.05, 0.1) is 5.60 Å². The summed E-state index contributed by atoms with van der Waals surface area (Å²) in [5.41, 5.74) is -1.37. The number of aliphatic hydroxyl groups is 2. The molecule has 2 heteroatoms. The highest BCUT2D eigenvalue weighted by Crippen LogP contribution is 2.17. The predicted octanol–water partition coefficient (Wildman–Crippen LogP) is 4.17. The van der Waals surface area contributed by atoms with Gasteiger partial charge in [-0.05, 0) is 53.9 Å². The molecule has 0 aromatic rings. The second-order valence-corrected chi connectivity index (χ2v) is 8.41. The zero-order valence-corrected chi connectivity index (χ0v) is 15.0. The van der Waals surface area contributed by atoms with E-state index in [-0.39, 0.29) is 10.8 Å². The van der Waals surface area contributed by atoms with E-state index in [2.05, 4.69) is 32.6 Å². The summed E-state index contributed by atoms with van der Waals surface area (Å²) < 4.78 is 0. The van der Waals surface area contributed by atoms with E-state index >= 15 is 0 Å². The van der Waals surface area contributed by atoms with Gasteiger partial charge in [-0.1, -0.05) is 44.8 Å². The van der Waals surface area contributed by atoms with Gasteiger partial charge < -0.3 is 10.2 Å². The molecule has 0 spiro atoms. The monoisotopic (exact) mass is 282 g/mol. The van der Waals surface area contributed by atoms with Gasteiger partial charge in [-0.15, -0.1) is 0 Å². The van der Waals surface area contributed by atoms with E-state index in [0.717, 1.165) is 0 Å². The van der Waals surface area contributed by atoms with Gasteiger partial charge >= 0.3 is 0 Å². The summed E-state index contributed by atoms with van der Waals surface area (Å²) in [5.74, 6) is 5.73. The van der Waals surface area contributed by atoms with Gasteiger partial charge in [-0.25, -0.2) is 0 Å². The molecule has 0 aliphatic carbocycles. The molecule has 2 N–H and O–H groups in total. The second kappa shape index (κ2) is 7.29. The lowest BCUT2D eigenvalue weighted by atomic mass is 9.94. The minimum absolute atomic E-state index is 0.0139. The highest BCUT2D eigenvalue weighted by Gasteiger charge is 2.10. The van der Waals surface area contributed by atoms with Crippen molar-refractivity contribution in [2.24, 2.45) is 10.8 Å². The number of hydrogen-bond donors (Lipinski definition) is 2. The summed E-state index contributed by atoms with van der Waals surface area (Å²) in [6, 6.07) is 0. The topological polar surface area (TPSA) is 40.5 Å². The zero-order valence-electron chi connectivity index (χ0n) is 15.0. The van der Waals surface area contributed by atoms with Crippen molar-refractivity contribution < 1.29 is 10.2 Å². The molecule has 0 bridgehead atoms. The van der Waals surface area contributed by atoms with Crippen LogP contribution in [0.2, 0.25) is 0 Å². The second-order valence-electron chi connectivity index (χ2n) is 8.41. The maximum absolute atomic E-state index is 9.29. The Balaban J connectivity index is 0. The van der Waals surface area contributed by atoms with Gasteiger partial charge in [0.25, 0.3) is 0 Å². The normalized spacial score (nSPS) is 13.4. The van der Waals surface area contributed by atoms with Crippen molar-refractivity contribution in [1.82, 2.24) is 0 Å². The molecule has 0 aliphatic heterocycles. The molecular formula is C18H34O2. The van der Waals surface area contributed by atoms with Crippen molar-refractivity contribution in [3.05, 3.63) is 12.2 Å². The Morgan fingerprint density at radius 3 is 1.15 bits per heavy atom. The molecule has 20 heavy (non-hydrogen) atoms. The van der Waals surface area contributed by atoms with Crippen LogP contribution in [-0.4, -0.2) is 21.4 Å². The summed E-state index contributed by atoms with van der Waals surface area (Å²) in [4.78, 5) is 0. The minimum atomic E-state index is -0.854. The first-order chi connectivity index (χ1) is 8.41. The summed E-state index contributed by atoms with van der Waals surface area (Å²) >= 11 is 0. The summed E-state index contributed by atoms with van der Waals surface area (Å²) in [6.07, 6.45) is 3.85. The maximum Gasteiger partial charge on any atom is 0.119 e. The number of allylic oxidation sites excluding steroid dienone is 1. The van der Waals surface area contributed by atoms with E-state index in [4.69, 9.17) is 0 Å². The van der Waals surface area contributed by atoms with E-state index in [1.807, 2.05) is 32.9 Å². The van der Waals surface area contributed by atoms with Crippen LogP contribution in [0.4, 0.5) is 0 Å². The first kappa shape index (κ1) is 21.5. The quantitative estimate of drug-likeness (QED) is 0.560. The molecule has 0 amide bonds. The maximum atomic E-state index is 9.29. The average Bonchev–Trinajstić information content (AvgIpc) is 2.09. The van der Waals surface area contributed by atoms with Crippen LogP contribution in [0.15, 0.2) is 12.2 Å². The summed E-state index contributed by atoms with van der Waals surface area (Å²) in [5, 5.41) is 18.5. The van der Waals surface area contributed by atoms with E-state index in [1.54, 1.807) is 27.7 Å². The van der Waals surface area contributed by atoms with Crippen LogP contribution in [0.3, 0.4) is 0 Å². The van der Waals surface area contributed by atoms with Gasteiger partial charge in [-0.3, -0.25) is 0 Å². The largest absolute Gasteiger partial charge is 0.386 e. The summed E-state index contributed by atoms with van der Waals surface area (Å²) in [7, 11) is 0. The Hall–Kier alpha value is -0.780. The fraction of sp³-hybridized carbons (Fsp3) is 0.778. The molecule has 0 aromatic carbocycles. The zero-order chi connectivity index (χ0) is 16.8. The SMILES string of the molecule is CC(C)(C)/C=C/C(C)(C)O.CC(C)(C)C#CC(C)(C)O. The lowest BCUT2D eigenvalue weighted by Crippen LogP contribution is -2.16. The van der Waals surface area contributed by atoms with Crippen LogP contribution < -0.4 is 0 Å². The lowest BCUT2D eigenvalue weighted by Gasteiger charge is -2.16. The number of rotatable bonds is 1. The molecule has 0 heterocycles. The molecule has 0 radical (unpaired) electrons. The molecule has 0 saturated carbocycles. The number of hydrogen-bond acceptors (Lipinski definition) is 2. The van der Waals surface area contributed by atoms with Crippen LogP contribution in [-0.2, 0) is 0 Å². The molecular weight excluding hydrogens is 248 g/mol. The highest BCUT2D eigenvalue weighted by molar-refractivity contribution is 5.14. The third-order valence-electron chi connectivity index (χ3n) is 1.73. The van der Waals surface area contributed by atoms with Crippen LogP contribution >= 0.6 is 0 Å². The van der Waals surface area contributed by atoms with Gasteiger partial charge in [0.1, 0.15) is 5.60 Å². The predicted molar refractivity (Wildman–Crippen MR) is 88.4 cm³/mol. The molecule has 0 unspecified atom stereocenters. The van der Waals surface area contributed by atoms with Crippen LogP contribution in [0.25, 0.3) is 0 Å². The van der Waals surface area contributed by atoms with E-state index < -0.39 is 11.2 Å². The van der Waals surface area contributed by atoms with E-state index in [9.17, 15) is 10.2 Å². The Labute approximate surface area is 126 Å². The lowest BCUT2D eigenvalue weighted by molar-refractivity contribution is 0.132. The fourth-order valence-corrected chi connectivity index (χ4v) is 0.794. The van der Waals surface area contributed by atoms with Crippen molar-refractivity contribution in [1.29, 1.82) is 0 Å². The Bertz CT molecular complexity index is 318. The van der Waals surface area contributed by atoms with Crippen LogP contribution in [0.1, 0.15) is 69.2 Å².